The molecular weight excluding hydrogens is 487 g/mol. The van der Waals surface area contributed by atoms with Gasteiger partial charge in [-0.3, -0.25) is 4.79 Å². The van der Waals surface area contributed by atoms with Gasteiger partial charge in [-0.2, -0.15) is 4.73 Å². The summed E-state index contributed by atoms with van der Waals surface area (Å²) in [6.45, 7) is 14.2. The summed E-state index contributed by atoms with van der Waals surface area (Å²) in [6.07, 6.45) is -0.0682. The van der Waals surface area contributed by atoms with Crippen LogP contribution in [0.25, 0.3) is 0 Å². The van der Waals surface area contributed by atoms with Gasteiger partial charge >= 0.3 is 18.0 Å². The Kier molecular flexibility index (Phi) is 11.1. The summed E-state index contributed by atoms with van der Waals surface area (Å²) in [5.41, 5.74) is -2.34. The van der Waals surface area contributed by atoms with Crippen molar-refractivity contribution in [1.29, 1.82) is 0 Å². The lowest BCUT2D eigenvalue weighted by Gasteiger charge is -2.29. The molecule has 2 unspecified atom stereocenters. The Morgan fingerprint density at radius 1 is 0.919 bits per heavy atom. The number of rotatable bonds is 10. The van der Waals surface area contributed by atoms with Crippen LogP contribution in [-0.2, 0) is 30.2 Å². The molecular formula is C26H41FN2O8. The smallest absolute Gasteiger partial charge is 0.408 e. The first-order chi connectivity index (χ1) is 16.8. The van der Waals surface area contributed by atoms with Gasteiger partial charge in [0.2, 0.25) is 6.20 Å². The first-order valence-corrected chi connectivity index (χ1v) is 12.2. The number of alkyl carbamates (subject to hydrolysis) is 1. The third-order valence-corrected chi connectivity index (χ3v) is 4.41. The van der Waals surface area contributed by atoms with Crippen molar-refractivity contribution in [3.05, 3.63) is 29.2 Å². The van der Waals surface area contributed by atoms with Gasteiger partial charge in [0.25, 0.3) is 0 Å². The van der Waals surface area contributed by atoms with E-state index in [9.17, 15) is 24.0 Å². The maximum Gasteiger partial charge on any atom is 0.408 e. The summed E-state index contributed by atoms with van der Waals surface area (Å²) in [4.78, 5) is 38.7. The largest absolute Gasteiger partial charge is 0.618 e. The number of carbonyl (C=O) groups excluding carboxylic acids is 3. The third-order valence-electron chi connectivity index (χ3n) is 4.41. The highest BCUT2D eigenvalue weighted by molar-refractivity contribution is 5.83. The van der Waals surface area contributed by atoms with E-state index in [1.807, 2.05) is 0 Å². The lowest BCUT2D eigenvalue weighted by Crippen LogP contribution is -2.48. The first kappa shape index (κ1) is 31.9. The first-order valence-electron chi connectivity index (χ1n) is 12.2. The van der Waals surface area contributed by atoms with Gasteiger partial charge in [-0.05, 0) is 74.8 Å². The second kappa shape index (κ2) is 12.9. The molecule has 0 aromatic carbocycles. The van der Waals surface area contributed by atoms with Gasteiger partial charge in [-0.15, -0.1) is 0 Å². The zero-order chi connectivity index (χ0) is 28.6. The van der Waals surface area contributed by atoms with Gasteiger partial charge in [-0.25, -0.2) is 14.0 Å². The van der Waals surface area contributed by atoms with Crippen molar-refractivity contribution in [1.82, 2.24) is 5.32 Å². The Labute approximate surface area is 218 Å². The molecule has 1 rings (SSSR count). The molecule has 1 aromatic rings. The minimum atomic E-state index is -1.26. The van der Waals surface area contributed by atoms with E-state index in [-0.39, 0.29) is 30.9 Å². The van der Waals surface area contributed by atoms with E-state index in [4.69, 9.17) is 18.9 Å². The Hall–Kier alpha value is -3.11. The molecule has 11 heteroatoms. The highest BCUT2D eigenvalue weighted by atomic mass is 19.1. The van der Waals surface area contributed by atoms with E-state index < -0.39 is 53.5 Å². The van der Waals surface area contributed by atoms with Crippen LogP contribution in [0.3, 0.4) is 0 Å². The fourth-order valence-corrected chi connectivity index (χ4v) is 3.11. The van der Waals surface area contributed by atoms with E-state index in [0.717, 1.165) is 6.20 Å². The molecule has 0 spiro atoms. The number of nitrogens with one attached hydrogen (secondary N) is 1. The number of hydrogen-bond donors (Lipinski definition) is 1. The SMILES string of the molecule is CC(C)(C)OC(=O)NC(CC(Cc1ccc(OCCF)c[n+]1[O-])C(=O)OC(C)(C)C)C(=O)OC(C)(C)C. The lowest BCUT2D eigenvalue weighted by atomic mass is 9.94. The number of aromatic nitrogens is 1. The van der Waals surface area contributed by atoms with Crippen molar-refractivity contribution in [2.45, 2.75) is 98.0 Å². The Morgan fingerprint density at radius 3 is 1.95 bits per heavy atom. The summed E-state index contributed by atoms with van der Waals surface area (Å²) >= 11 is 0. The fraction of sp³-hybridized carbons (Fsp3) is 0.692. The van der Waals surface area contributed by atoms with Crippen molar-refractivity contribution in [2.75, 3.05) is 13.3 Å². The zero-order valence-corrected chi connectivity index (χ0v) is 23.3. The normalized spacial score (nSPS) is 13.8. The predicted molar refractivity (Wildman–Crippen MR) is 134 cm³/mol. The average Bonchev–Trinajstić information content (AvgIpc) is 2.68. The second-order valence-corrected chi connectivity index (χ2v) is 11.6. The summed E-state index contributed by atoms with van der Waals surface area (Å²) in [5, 5.41) is 15.1. The van der Waals surface area contributed by atoms with E-state index in [1.165, 1.54) is 12.1 Å². The Morgan fingerprint density at radius 2 is 1.46 bits per heavy atom. The molecule has 0 radical (unpaired) electrons. The monoisotopic (exact) mass is 528 g/mol. The number of esters is 2. The topological polar surface area (TPSA) is 127 Å². The molecule has 0 saturated carbocycles. The van der Waals surface area contributed by atoms with Gasteiger partial charge in [0, 0.05) is 12.5 Å². The molecule has 0 aliphatic carbocycles. The highest BCUT2D eigenvalue weighted by Crippen LogP contribution is 2.22. The number of halogens is 1. The third kappa shape index (κ3) is 13.1. The summed E-state index contributed by atoms with van der Waals surface area (Å²) < 4.78 is 34.3. The number of hydrogen-bond acceptors (Lipinski definition) is 8. The van der Waals surface area contributed by atoms with Crippen molar-refractivity contribution < 1.29 is 42.5 Å². The molecule has 210 valence electrons. The maximum atomic E-state index is 13.1. The van der Waals surface area contributed by atoms with E-state index >= 15 is 0 Å². The number of pyridine rings is 1. The summed E-state index contributed by atoms with van der Waals surface area (Å²) in [5.74, 6) is -2.27. The average molecular weight is 529 g/mol. The van der Waals surface area contributed by atoms with E-state index in [2.05, 4.69) is 5.32 Å². The Bertz CT molecular complexity index is 932. The van der Waals surface area contributed by atoms with Crippen LogP contribution in [0, 0.1) is 11.1 Å². The number of nitrogens with zero attached hydrogens (tertiary/aromatic N) is 1. The van der Waals surface area contributed by atoms with Crippen LogP contribution in [0.15, 0.2) is 18.3 Å². The highest BCUT2D eigenvalue weighted by Gasteiger charge is 2.36. The van der Waals surface area contributed by atoms with Crippen LogP contribution in [-0.4, -0.2) is 54.2 Å². The van der Waals surface area contributed by atoms with E-state index in [0.29, 0.717) is 4.73 Å². The molecule has 0 fully saturated rings. The van der Waals surface area contributed by atoms with Gasteiger partial charge in [-0.1, -0.05) is 0 Å². The standard InChI is InChI=1S/C26H41FN2O8/c1-24(2,3)35-21(30)17(14-18-10-11-19(16-29(18)33)34-13-12-27)15-20(22(31)36-25(4,5)6)28-23(32)37-26(7,8)9/h10-11,16-17,20H,12-15H2,1-9H3,(H,28,32). The summed E-state index contributed by atoms with van der Waals surface area (Å²) in [6, 6.07) is 1.66. The fourth-order valence-electron chi connectivity index (χ4n) is 3.11. The molecule has 0 saturated heterocycles. The molecule has 0 aliphatic rings. The minimum absolute atomic E-state index is 0.114. The molecule has 1 aromatic heterocycles. The van der Waals surface area contributed by atoms with Gasteiger partial charge in [0.15, 0.2) is 11.4 Å². The molecule has 10 nitrogen and oxygen atoms in total. The van der Waals surface area contributed by atoms with Crippen molar-refractivity contribution in [3.63, 3.8) is 0 Å². The van der Waals surface area contributed by atoms with Crippen LogP contribution in [0.5, 0.6) is 5.75 Å². The predicted octanol–water partition coefficient (Wildman–Crippen LogP) is 3.79. The van der Waals surface area contributed by atoms with Crippen LogP contribution < -0.4 is 14.8 Å². The van der Waals surface area contributed by atoms with Gasteiger partial charge in [0.1, 0.15) is 36.1 Å². The van der Waals surface area contributed by atoms with Crippen LogP contribution in [0.2, 0.25) is 0 Å². The number of carbonyl (C=O) groups is 3. The van der Waals surface area contributed by atoms with Gasteiger partial charge < -0.3 is 29.5 Å². The van der Waals surface area contributed by atoms with Crippen LogP contribution in [0.4, 0.5) is 9.18 Å². The summed E-state index contributed by atoms with van der Waals surface area (Å²) in [7, 11) is 0. The molecule has 0 bridgehead atoms. The van der Waals surface area contributed by atoms with Crippen molar-refractivity contribution in [2.24, 2.45) is 5.92 Å². The zero-order valence-electron chi connectivity index (χ0n) is 23.3. The molecule has 0 aliphatic heterocycles. The quantitative estimate of drug-likeness (QED) is 0.210. The van der Waals surface area contributed by atoms with E-state index in [1.54, 1.807) is 62.3 Å². The van der Waals surface area contributed by atoms with Crippen LogP contribution >= 0.6 is 0 Å². The minimum Gasteiger partial charge on any atom is -0.618 e. The number of amides is 1. The Balaban J connectivity index is 3.30. The second-order valence-electron chi connectivity index (χ2n) is 11.6. The maximum absolute atomic E-state index is 13.1. The molecule has 1 amide bonds. The molecule has 1 heterocycles. The van der Waals surface area contributed by atoms with Crippen LogP contribution in [0.1, 0.15) is 74.4 Å². The molecule has 37 heavy (non-hydrogen) atoms. The van der Waals surface area contributed by atoms with Crippen molar-refractivity contribution >= 4 is 18.0 Å². The number of alkyl halides is 1. The van der Waals surface area contributed by atoms with Crippen molar-refractivity contribution in [3.8, 4) is 5.75 Å². The number of ether oxygens (including phenoxy) is 4. The molecule has 2 atom stereocenters. The molecule has 1 N–H and O–H groups in total. The lowest BCUT2D eigenvalue weighted by molar-refractivity contribution is -0.614. The van der Waals surface area contributed by atoms with Gasteiger partial charge in [0.05, 0.1) is 5.92 Å².